The summed E-state index contributed by atoms with van der Waals surface area (Å²) in [5.41, 5.74) is 2.00. The molecule has 0 aliphatic heterocycles. The minimum Gasteiger partial charge on any atom is -0.170 e. The van der Waals surface area contributed by atoms with Gasteiger partial charge in [0, 0.05) is 5.02 Å². The topological polar surface area (TPSA) is 0 Å². The van der Waals surface area contributed by atoms with Gasteiger partial charge in [-0.1, -0.05) is 65.2 Å². The van der Waals surface area contributed by atoms with E-state index in [9.17, 15) is 13.2 Å². The van der Waals surface area contributed by atoms with Crippen molar-refractivity contribution >= 4 is 40.9 Å². The van der Waals surface area contributed by atoms with Crippen LogP contribution in [0.2, 0.25) is 15.1 Å². The molecule has 0 amide bonds. The Hall–Kier alpha value is -1.16. The molecule has 128 valence electrons. The van der Waals surface area contributed by atoms with Crippen LogP contribution in [-0.4, -0.2) is 6.18 Å². The van der Waals surface area contributed by atoms with Crippen molar-refractivity contribution in [3.05, 3.63) is 73.7 Å². The lowest BCUT2D eigenvalue weighted by atomic mass is 9.95. The van der Waals surface area contributed by atoms with Gasteiger partial charge < -0.3 is 0 Å². The molecule has 0 N–H and O–H groups in total. The first kappa shape index (κ1) is 19.2. The zero-order chi connectivity index (χ0) is 18.1. The van der Waals surface area contributed by atoms with E-state index in [1.807, 2.05) is 6.92 Å². The van der Waals surface area contributed by atoms with Crippen molar-refractivity contribution in [2.45, 2.75) is 25.9 Å². The van der Waals surface area contributed by atoms with E-state index >= 15 is 0 Å². The molecule has 6 heteroatoms. The summed E-state index contributed by atoms with van der Waals surface area (Å²) in [7, 11) is 0. The summed E-state index contributed by atoms with van der Waals surface area (Å²) in [5.74, 6) is -1.79. The number of benzene rings is 2. The van der Waals surface area contributed by atoms with Crippen molar-refractivity contribution in [1.82, 2.24) is 0 Å². The highest BCUT2D eigenvalue weighted by molar-refractivity contribution is 6.42. The highest BCUT2D eigenvalue weighted by Crippen LogP contribution is 2.39. The third-order valence-electron chi connectivity index (χ3n) is 3.62. The van der Waals surface area contributed by atoms with Gasteiger partial charge in [-0.05, 0) is 48.2 Å². The molecule has 0 aliphatic rings. The number of hydrogen-bond acceptors (Lipinski definition) is 0. The summed E-state index contributed by atoms with van der Waals surface area (Å²) < 4.78 is 40.4. The van der Waals surface area contributed by atoms with Crippen LogP contribution in [0.1, 0.15) is 28.2 Å². The van der Waals surface area contributed by atoms with E-state index in [1.165, 1.54) is 18.2 Å². The molecule has 2 aromatic carbocycles. The zero-order valence-electron chi connectivity index (χ0n) is 12.9. The second-order valence-electron chi connectivity index (χ2n) is 5.52. The van der Waals surface area contributed by atoms with E-state index in [0.29, 0.717) is 16.1 Å². The van der Waals surface area contributed by atoms with E-state index in [0.717, 1.165) is 11.6 Å². The van der Waals surface area contributed by atoms with Gasteiger partial charge in [0.1, 0.15) is 0 Å². The van der Waals surface area contributed by atoms with E-state index in [2.05, 4.69) is 0 Å². The number of halogens is 6. The Labute approximate surface area is 153 Å². The molecule has 0 spiro atoms. The molecule has 0 nitrogen and oxygen atoms in total. The van der Waals surface area contributed by atoms with Gasteiger partial charge in [-0.3, -0.25) is 0 Å². The summed E-state index contributed by atoms with van der Waals surface area (Å²) in [6, 6.07) is 7.75. The number of hydrogen-bond donors (Lipinski definition) is 0. The molecular formula is C18H14Cl3F3. The Morgan fingerprint density at radius 2 is 1.58 bits per heavy atom. The summed E-state index contributed by atoms with van der Waals surface area (Å²) in [4.78, 5) is 0. The van der Waals surface area contributed by atoms with Gasteiger partial charge in [0.25, 0.3) is 0 Å². The van der Waals surface area contributed by atoms with Gasteiger partial charge in [0.2, 0.25) is 0 Å². The third kappa shape index (κ3) is 4.47. The summed E-state index contributed by atoms with van der Waals surface area (Å²) in [6.45, 7) is 3.45. The van der Waals surface area contributed by atoms with Crippen LogP contribution >= 0.6 is 34.8 Å². The fourth-order valence-corrected chi connectivity index (χ4v) is 2.84. The highest BCUT2D eigenvalue weighted by Gasteiger charge is 2.39. The SMILES string of the molecule is Cc1ccc(/C=C/C(c2cc(C)c(Cl)c(Cl)c2)C(F)(F)F)cc1Cl. The maximum Gasteiger partial charge on any atom is 0.399 e. The first-order valence-electron chi connectivity index (χ1n) is 7.06. The molecule has 0 radical (unpaired) electrons. The molecule has 1 unspecified atom stereocenters. The van der Waals surface area contributed by atoms with Crippen LogP contribution in [0.4, 0.5) is 13.2 Å². The number of allylic oxidation sites excluding steroid dienone is 1. The molecule has 0 bridgehead atoms. The molecule has 2 rings (SSSR count). The smallest absolute Gasteiger partial charge is 0.170 e. The molecule has 0 heterocycles. The molecule has 24 heavy (non-hydrogen) atoms. The van der Waals surface area contributed by atoms with Crippen molar-refractivity contribution < 1.29 is 13.2 Å². The van der Waals surface area contributed by atoms with Crippen molar-refractivity contribution in [1.29, 1.82) is 0 Å². The Bertz CT molecular complexity index is 757. The van der Waals surface area contributed by atoms with Crippen molar-refractivity contribution in [3.63, 3.8) is 0 Å². The third-order valence-corrected chi connectivity index (χ3v) is 4.92. The van der Waals surface area contributed by atoms with Gasteiger partial charge in [0.15, 0.2) is 0 Å². The highest BCUT2D eigenvalue weighted by atomic mass is 35.5. The molecule has 0 aromatic heterocycles. The van der Waals surface area contributed by atoms with Crippen LogP contribution in [0.5, 0.6) is 0 Å². The first-order valence-corrected chi connectivity index (χ1v) is 8.19. The van der Waals surface area contributed by atoms with E-state index in [4.69, 9.17) is 34.8 Å². The fraction of sp³-hybridized carbons (Fsp3) is 0.222. The minimum absolute atomic E-state index is 0.0452. The molecule has 2 aromatic rings. The molecule has 0 saturated heterocycles. The second-order valence-corrected chi connectivity index (χ2v) is 6.71. The lowest BCUT2D eigenvalue weighted by molar-refractivity contribution is -0.139. The van der Waals surface area contributed by atoms with Gasteiger partial charge in [-0.15, -0.1) is 0 Å². The Morgan fingerprint density at radius 1 is 0.917 bits per heavy atom. The Morgan fingerprint density at radius 3 is 2.12 bits per heavy atom. The standard InChI is InChI=1S/C18H14Cl3F3/c1-10-3-4-12(8-15(10)19)5-6-14(18(22,23)24)13-7-11(2)17(21)16(20)9-13/h3-9,14H,1-2H3/b6-5+. The molecule has 0 saturated carbocycles. The van der Waals surface area contributed by atoms with Gasteiger partial charge in [-0.2, -0.15) is 13.2 Å². The number of alkyl halides is 3. The van der Waals surface area contributed by atoms with Crippen LogP contribution in [0.15, 0.2) is 36.4 Å². The molecule has 0 fully saturated rings. The maximum absolute atomic E-state index is 13.5. The second kappa shape index (κ2) is 7.38. The average molecular weight is 394 g/mol. The van der Waals surface area contributed by atoms with Crippen LogP contribution < -0.4 is 0 Å². The monoisotopic (exact) mass is 392 g/mol. The van der Waals surface area contributed by atoms with Crippen LogP contribution in [0.25, 0.3) is 6.08 Å². The predicted octanol–water partition coefficient (Wildman–Crippen LogP) is 7.62. The average Bonchev–Trinajstić information content (AvgIpc) is 2.47. The van der Waals surface area contributed by atoms with Crippen molar-refractivity contribution in [2.75, 3.05) is 0 Å². The van der Waals surface area contributed by atoms with Gasteiger partial charge in [0.05, 0.1) is 16.0 Å². The quantitative estimate of drug-likeness (QED) is 0.503. The fourth-order valence-electron chi connectivity index (χ4n) is 2.26. The molecule has 1 atom stereocenters. The molecular weight excluding hydrogens is 380 g/mol. The van der Waals surface area contributed by atoms with Crippen molar-refractivity contribution in [2.24, 2.45) is 0 Å². The van der Waals surface area contributed by atoms with Crippen LogP contribution in [-0.2, 0) is 0 Å². The summed E-state index contributed by atoms with van der Waals surface area (Å²) >= 11 is 17.9. The summed E-state index contributed by atoms with van der Waals surface area (Å²) in [5, 5.41) is 0.870. The van der Waals surface area contributed by atoms with E-state index in [1.54, 1.807) is 25.1 Å². The first-order chi connectivity index (χ1) is 11.1. The predicted molar refractivity (Wildman–Crippen MR) is 95.2 cm³/mol. The van der Waals surface area contributed by atoms with Crippen LogP contribution in [0.3, 0.4) is 0 Å². The van der Waals surface area contributed by atoms with Gasteiger partial charge >= 0.3 is 6.18 Å². The number of rotatable bonds is 3. The Balaban J connectivity index is 2.43. The largest absolute Gasteiger partial charge is 0.399 e. The summed E-state index contributed by atoms with van der Waals surface area (Å²) in [6.07, 6.45) is -1.95. The zero-order valence-corrected chi connectivity index (χ0v) is 15.2. The molecule has 0 aliphatic carbocycles. The van der Waals surface area contributed by atoms with Crippen LogP contribution in [0, 0.1) is 13.8 Å². The lowest BCUT2D eigenvalue weighted by Crippen LogP contribution is -2.19. The maximum atomic E-state index is 13.5. The van der Waals surface area contributed by atoms with E-state index < -0.39 is 12.1 Å². The van der Waals surface area contributed by atoms with E-state index in [-0.39, 0.29) is 15.6 Å². The number of aryl methyl sites for hydroxylation is 2. The minimum atomic E-state index is -4.45. The Kier molecular flexibility index (Phi) is 5.90. The lowest BCUT2D eigenvalue weighted by Gasteiger charge is -2.19. The van der Waals surface area contributed by atoms with Crippen molar-refractivity contribution in [3.8, 4) is 0 Å². The van der Waals surface area contributed by atoms with Gasteiger partial charge in [-0.25, -0.2) is 0 Å². The normalized spacial score (nSPS) is 13.5.